The molecular weight excluding hydrogens is 781 g/mol. The number of hydrogen-bond acceptors (Lipinski definition) is 4. The van der Waals surface area contributed by atoms with E-state index < -0.39 is 0 Å². The van der Waals surface area contributed by atoms with Crippen LogP contribution in [0.2, 0.25) is 0 Å². The molecule has 0 saturated carbocycles. The number of fused-ring (bicyclic) bond motifs is 7. The summed E-state index contributed by atoms with van der Waals surface area (Å²) in [4.78, 5) is 4.84. The maximum atomic E-state index is 6.51. The first kappa shape index (κ1) is 37.4. The second-order valence-electron chi connectivity index (χ2n) is 16.7. The Morgan fingerprint density at radius 2 is 0.688 bits per heavy atom. The molecule has 2 aromatic heterocycles. The van der Waals surface area contributed by atoms with E-state index in [1.54, 1.807) is 0 Å². The largest absolute Gasteiger partial charge is 0.456 e. The molecule has 10 aromatic carbocycles. The number of furan rings is 2. The molecule has 0 unspecified atom stereocenters. The monoisotopic (exact) mass is 822 g/mol. The quantitative estimate of drug-likeness (QED) is 0.153. The minimum absolute atomic E-state index is 0.852. The fourth-order valence-corrected chi connectivity index (χ4v) is 9.48. The number of aryl methyl sites for hydroxylation is 2. The average Bonchev–Trinajstić information content (AvgIpc) is 3.93. The van der Waals surface area contributed by atoms with Crippen molar-refractivity contribution in [3.63, 3.8) is 0 Å². The number of hydrogen-bond donors (Lipinski definition) is 0. The second-order valence-corrected chi connectivity index (χ2v) is 16.7. The van der Waals surface area contributed by atoms with Crippen LogP contribution >= 0.6 is 0 Å². The summed E-state index contributed by atoms with van der Waals surface area (Å²) in [6.45, 7) is 4.28. The van der Waals surface area contributed by atoms with Gasteiger partial charge in [-0.2, -0.15) is 0 Å². The van der Waals surface area contributed by atoms with Gasteiger partial charge in [-0.3, -0.25) is 0 Å². The Hall–Kier alpha value is -8.34. The molecule has 0 saturated heterocycles. The Labute approximate surface area is 371 Å². The molecule has 12 rings (SSSR count). The van der Waals surface area contributed by atoms with E-state index >= 15 is 0 Å². The van der Waals surface area contributed by atoms with Gasteiger partial charge >= 0.3 is 0 Å². The van der Waals surface area contributed by atoms with Crippen LogP contribution in [0.4, 0.5) is 34.1 Å². The molecule has 304 valence electrons. The van der Waals surface area contributed by atoms with E-state index in [-0.39, 0.29) is 0 Å². The summed E-state index contributed by atoms with van der Waals surface area (Å²) < 4.78 is 13.0. The normalized spacial score (nSPS) is 11.6. The molecule has 12 aromatic rings. The smallest absolute Gasteiger partial charge is 0.137 e. The minimum Gasteiger partial charge on any atom is -0.456 e. The molecule has 0 bridgehead atoms. The molecule has 0 aliphatic heterocycles. The van der Waals surface area contributed by atoms with Gasteiger partial charge in [0.15, 0.2) is 0 Å². The maximum Gasteiger partial charge on any atom is 0.137 e. The Kier molecular flexibility index (Phi) is 8.91. The highest BCUT2D eigenvalue weighted by atomic mass is 16.3. The molecule has 0 amide bonds. The lowest BCUT2D eigenvalue weighted by atomic mass is 9.93. The zero-order valence-corrected chi connectivity index (χ0v) is 35.5. The third kappa shape index (κ3) is 6.30. The van der Waals surface area contributed by atoms with E-state index in [4.69, 9.17) is 8.83 Å². The van der Waals surface area contributed by atoms with Crippen molar-refractivity contribution in [3.8, 4) is 22.3 Å². The number of benzene rings is 10. The van der Waals surface area contributed by atoms with E-state index in [9.17, 15) is 0 Å². The van der Waals surface area contributed by atoms with Crippen LogP contribution in [-0.2, 0) is 0 Å². The fourth-order valence-electron chi connectivity index (χ4n) is 9.48. The minimum atomic E-state index is 0.852. The Balaban J connectivity index is 1.18. The van der Waals surface area contributed by atoms with Crippen LogP contribution in [0.3, 0.4) is 0 Å². The summed E-state index contributed by atoms with van der Waals surface area (Å²) in [6, 6.07) is 78.3. The first-order valence-corrected chi connectivity index (χ1v) is 21.8. The standard InChI is InChI=1S/C60H42N2O2/c1-39-27-31-45(32-28-39)61(51-21-13-25-57-59(51)47-19-9-11-23-55(47)63-57)53-37-43-36-50(42-17-7-4-8-18-42)54(38-44(43)35-49(53)41-15-5-3-6-16-41)62(46-33-29-40(2)30-34-46)52-22-14-26-58-60(52)48-20-10-12-24-56(48)64-58/h3-38H,1-2H3. The summed E-state index contributed by atoms with van der Waals surface area (Å²) in [5, 5.41) is 6.56. The highest BCUT2D eigenvalue weighted by molar-refractivity contribution is 6.16. The third-order valence-electron chi connectivity index (χ3n) is 12.5. The van der Waals surface area contributed by atoms with Crippen LogP contribution in [-0.4, -0.2) is 0 Å². The van der Waals surface area contributed by atoms with Crippen molar-refractivity contribution in [2.75, 3.05) is 9.80 Å². The maximum absolute atomic E-state index is 6.51. The van der Waals surface area contributed by atoms with E-state index in [2.05, 4.69) is 230 Å². The Morgan fingerprint density at radius 1 is 0.312 bits per heavy atom. The van der Waals surface area contributed by atoms with Crippen LogP contribution in [0.15, 0.2) is 227 Å². The molecule has 4 heteroatoms. The summed E-state index contributed by atoms with van der Waals surface area (Å²) in [5.41, 5.74) is 16.7. The average molecular weight is 823 g/mol. The summed E-state index contributed by atoms with van der Waals surface area (Å²) in [5.74, 6) is 0. The number of rotatable bonds is 8. The third-order valence-corrected chi connectivity index (χ3v) is 12.5. The molecule has 4 nitrogen and oxygen atoms in total. The highest BCUT2D eigenvalue weighted by Gasteiger charge is 2.26. The zero-order valence-electron chi connectivity index (χ0n) is 35.5. The predicted octanol–water partition coefficient (Wildman–Crippen LogP) is 17.5. The molecule has 0 radical (unpaired) electrons. The second kappa shape index (κ2) is 15.2. The van der Waals surface area contributed by atoms with Gasteiger partial charge in [0, 0.05) is 33.3 Å². The first-order valence-electron chi connectivity index (χ1n) is 21.8. The van der Waals surface area contributed by atoms with E-state index in [1.165, 1.54) is 11.1 Å². The topological polar surface area (TPSA) is 32.8 Å². The predicted molar refractivity (Wildman–Crippen MR) is 268 cm³/mol. The van der Waals surface area contributed by atoms with Crippen LogP contribution in [0.25, 0.3) is 76.9 Å². The van der Waals surface area contributed by atoms with Crippen LogP contribution in [0, 0.1) is 13.8 Å². The van der Waals surface area contributed by atoms with Crippen molar-refractivity contribution in [3.05, 3.63) is 230 Å². The molecule has 64 heavy (non-hydrogen) atoms. The van der Waals surface area contributed by atoms with Gasteiger partial charge in [0.05, 0.1) is 33.5 Å². The molecular formula is C60H42N2O2. The van der Waals surface area contributed by atoms with E-state index in [0.29, 0.717) is 0 Å². The van der Waals surface area contributed by atoms with Gasteiger partial charge in [0.1, 0.15) is 22.3 Å². The van der Waals surface area contributed by atoms with Gasteiger partial charge in [-0.25, -0.2) is 0 Å². The number of anilines is 6. The summed E-state index contributed by atoms with van der Waals surface area (Å²) in [6.07, 6.45) is 0. The highest BCUT2D eigenvalue weighted by Crippen LogP contribution is 2.51. The van der Waals surface area contributed by atoms with Gasteiger partial charge in [0.25, 0.3) is 0 Å². The van der Waals surface area contributed by atoms with Crippen LogP contribution in [0.5, 0.6) is 0 Å². The van der Waals surface area contributed by atoms with Crippen molar-refractivity contribution >= 4 is 88.8 Å². The van der Waals surface area contributed by atoms with Crippen LogP contribution in [0.1, 0.15) is 11.1 Å². The van der Waals surface area contributed by atoms with Gasteiger partial charge in [-0.15, -0.1) is 0 Å². The van der Waals surface area contributed by atoms with E-state index in [1.807, 2.05) is 12.1 Å². The zero-order chi connectivity index (χ0) is 42.7. The van der Waals surface area contributed by atoms with Crippen molar-refractivity contribution in [2.45, 2.75) is 13.8 Å². The van der Waals surface area contributed by atoms with Crippen molar-refractivity contribution in [2.24, 2.45) is 0 Å². The van der Waals surface area contributed by atoms with Crippen molar-refractivity contribution in [1.82, 2.24) is 0 Å². The van der Waals surface area contributed by atoms with Crippen molar-refractivity contribution in [1.29, 1.82) is 0 Å². The van der Waals surface area contributed by atoms with E-state index in [0.717, 1.165) is 111 Å². The van der Waals surface area contributed by atoms with Gasteiger partial charge in [-0.05, 0) is 121 Å². The molecule has 0 N–H and O–H groups in total. The summed E-state index contributed by atoms with van der Waals surface area (Å²) in [7, 11) is 0. The first-order chi connectivity index (χ1) is 31.6. The Bertz CT molecular complexity index is 3430. The molecule has 2 heterocycles. The molecule has 0 spiro atoms. The van der Waals surface area contributed by atoms with Gasteiger partial charge < -0.3 is 18.6 Å². The van der Waals surface area contributed by atoms with Crippen LogP contribution < -0.4 is 9.80 Å². The lowest BCUT2D eigenvalue weighted by molar-refractivity contribution is 0.668. The Morgan fingerprint density at radius 3 is 1.11 bits per heavy atom. The van der Waals surface area contributed by atoms with Crippen molar-refractivity contribution < 1.29 is 8.83 Å². The molecule has 0 aliphatic carbocycles. The number of nitrogens with zero attached hydrogens (tertiary/aromatic N) is 2. The number of para-hydroxylation sites is 2. The molecule has 0 atom stereocenters. The van der Waals surface area contributed by atoms with Gasteiger partial charge in [-0.1, -0.05) is 145 Å². The lowest BCUT2D eigenvalue weighted by Gasteiger charge is -2.31. The summed E-state index contributed by atoms with van der Waals surface area (Å²) >= 11 is 0. The van der Waals surface area contributed by atoms with Gasteiger partial charge in [0.2, 0.25) is 0 Å². The molecule has 0 aliphatic rings. The SMILES string of the molecule is Cc1ccc(N(c2cc3cc(-c4ccccc4)c(N(c4ccc(C)cc4)c4cccc5oc6ccccc6c45)cc3cc2-c2ccccc2)c2cccc3oc4ccccc4c23)cc1. The fraction of sp³-hybridized carbons (Fsp3) is 0.0333. The molecule has 0 fully saturated rings. The lowest BCUT2D eigenvalue weighted by Crippen LogP contribution is -2.13.